The monoisotopic (exact) mass is 236 g/mol. The zero-order chi connectivity index (χ0) is 11.7. The fraction of sp³-hybridized carbons (Fsp3) is 0.250. The third kappa shape index (κ3) is 2.22. The van der Waals surface area contributed by atoms with Crippen molar-refractivity contribution in [2.24, 2.45) is 0 Å². The van der Waals surface area contributed by atoms with Crippen molar-refractivity contribution in [1.29, 1.82) is 0 Å². The molecule has 0 unspecified atom stereocenters. The van der Waals surface area contributed by atoms with Crippen LogP contribution in [0.3, 0.4) is 0 Å². The van der Waals surface area contributed by atoms with Crippen molar-refractivity contribution in [2.75, 3.05) is 5.73 Å². The molecule has 1 aromatic carbocycles. The second-order valence-electron chi connectivity index (χ2n) is 3.83. The second kappa shape index (κ2) is 4.22. The molecule has 0 saturated carbocycles. The molecular formula is C12H13FN2S. The summed E-state index contributed by atoms with van der Waals surface area (Å²) < 4.78 is 13.6. The maximum atomic E-state index is 13.6. The smallest absolute Gasteiger partial charge is 0.180 e. The molecule has 0 bridgehead atoms. The van der Waals surface area contributed by atoms with Gasteiger partial charge in [0.2, 0.25) is 0 Å². The van der Waals surface area contributed by atoms with E-state index < -0.39 is 0 Å². The van der Waals surface area contributed by atoms with Crippen molar-refractivity contribution in [3.8, 4) is 0 Å². The first kappa shape index (κ1) is 11.1. The number of benzene rings is 1. The lowest BCUT2D eigenvalue weighted by Gasteiger charge is -2.02. The van der Waals surface area contributed by atoms with E-state index in [0.29, 0.717) is 17.1 Å². The molecule has 0 saturated heterocycles. The average molecular weight is 236 g/mol. The van der Waals surface area contributed by atoms with Crippen LogP contribution in [0.4, 0.5) is 9.52 Å². The summed E-state index contributed by atoms with van der Waals surface area (Å²) in [5.41, 5.74) is 8.12. The van der Waals surface area contributed by atoms with Crippen LogP contribution in [0.2, 0.25) is 0 Å². The molecule has 4 heteroatoms. The number of rotatable bonds is 2. The zero-order valence-electron chi connectivity index (χ0n) is 9.25. The van der Waals surface area contributed by atoms with E-state index >= 15 is 0 Å². The highest BCUT2D eigenvalue weighted by molar-refractivity contribution is 7.15. The Balaban J connectivity index is 2.30. The molecule has 0 radical (unpaired) electrons. The van der Waals surface area contributed by atoms with Gasteiger partial charge in [-0.3, -0.25) is 0 Å². The van der Waals surface area contributed by atoms with E-state index in [2.05, 4.69) is 4.98 Å². The topological polar surface area (TPSA) is 38.9 Å². The number of hydrogen-bond acceptors (Lipinski definition) is 3. The molecule has 1 aromatic heterocycles. The van der Waals surface area contributed by atoms with Crippen LogP contribution in [0.5, 0.6) is 0 Å². The van der Waals surface area contributed by atoms with Crippen LogP contribution in [0.1, 0.15) is 21.7 Å². The summed E-state index contributed by atoms with van der Waals surface area (Å²) in [7, 11) is 0. The summed E-state index contributed by atoms with van der Waals surface area (Å²) in [5, 5.41) is 0.542. The van der Waals surface area contributed by atoms with Gasteiger partial charge in [-0.05, 0) is 31.0 Å². The zero-order valence-corrected chi connectivity index (χ0v) is 10.1. The molecule has 2 N–H and O–H groups in total. The first-order valence-corrected chi connectivity index (χ1v) is 5.84. The molecule has 16 heavy (non-hydrogen) atoms. The molecule has 0 amide bonds. The van der Waals surface area contributed by atoms with Crippen molar-refractivity contribution < 1.29 is 4.39 Å². The van der Waals surface area contributed by atoms with E-state index in [-0.39, 0.29) is 5.82 Å². The van der Waals surface area contributed by atoms with Crippen molar-refractivity contribution in [1.82, 2.24) is 4.98 Å². The van der Waals surface area contributed by atoms with E-state index in [1.807, 2.05) is 26.0 Å². The van der Waals surface area contributed by atoms with Crippen LogP contribution in [-0.4, -0.2) is 4.98 Å². The lowest BCUT2D eigenvalue weighted by atomic mass is 10.1. The van der Waals surface area contributed by atoms with Crippen molar-refractivity contribution >= 4 is 16.5 Å². The Morgan fingerprint density at radius 2 is 2.12 bits per heavy atom. The van der Waals surface area contributed by atoms with Crippen molar-refractivity contribution in [3.05, 3.63) is 45.7 Å². The fourth-order valence-corrected chi connectivity index (χ4v) is 2.44. The number of hydrogen-bond donors (Lipinski definition) is 1. The Hall–Kier alpha value is -1.42. The van der Waals surface area contributed by atoms with E-state index in [1.165, 1.54) is 11.3 Å². The van der Waals surface area contributed by atoms with Gasteiger partial charge in [0, 0.05) is 11.3 Å². The summed E-state index contributed by atoms with van der Waals surface area (Å²) in [4.78, 5) is 5.16. The minimum Gasteiger partial charge on any atom is -0.375 e. The summed E-state index contributed by atoms with van der Waals surface area (Å²) in [5.74, 6) is -0.161. The van der Waals surface area contributed by atoms with Gasteiger partial charge < -0.3 is 5.73 Å². The van der Waals surface area contributed by atoms with Gasteiger partial charge in [-0.15, -0.1) is 11.3 Å². The fourth-order valence-electron chi connectivity index (χ4n) is 1.58. The van der Waals surface area contributed by atoms with Crippen LogP contribution in [0.25, 0.3) is 0 Å². The lowest BCUT2D eigenvalue weighted by Crippen LogP contribution is -1.93. The number of anilines is 1. The minimum atomic E-state index is -0.161. The number of halogens is 1. The van der Waals surface area contributed by atoms with Crippen LogP contribution in [0.15, 0.2) is 18.2 Å². The van der Waals surface area contributed by atoms with Crippen LogP contribution in [0, 0.1) is 19.7 Å². The molecule has 84 valence electrons. The summed E-state index contributed by atoms with van der Waals surface area (Å²) in [6, 6.07) is 5.28. The van der Waals surface area contributed by atoms with Gasteiger partial charge in [0.1, 0.15) is 5.82 Å². The first-order valence-electron chi connectivity index (χ1n) is 5.03. The molecule has 0 fully saturated rings. The molecule has 0 spiro atoms. The Labute approximate surface area is 97.9 Å². The third-order valence-corrected chi connectivity index (χ3v) is 3.46. The number of nitrogens with zero attached hydrogens (tertiary/aromatic N) is 1. The molecule has 0 atom stereocenters. The van der Waals surface area contributed by atoms with Crippen LogP contribution in [-0.2, 0) is 6.42 Å². The van der Waals surface area contributed by atoms with E-state index in [0.717, 1.165) is 16.1 Å². The summed E-state index contributed by atoms with van der Waals surface area (Å²) >= 11 is 1.42. The molecule has 2 nitrogen and oxygen atoms in total. The highest BCUT2D eigenvalue weighted by Gasteiger charge is 2.09. The summed E-state index contributed by atoms with van der Waals surface area (Å²) in [6.45, 7) is 3.77. The largest absolute Gasteiger partial charge is 0.375 e. The number of aromatic nitrogens is 1. The standard InChI is InChI=1S/C12H13FN2S/c1-7-3-4-9(10(13)5-7)6-11-8(2)15-12(14)16-11/h3-5H,6H2,1-2H3,(H2,14,15). The normalized spacial score (nSPS) is 10.7. The lowest BCUT2D eigenvalue weighted by molar-refractivity contribution is 0.613. The van der Waals surface area contributed by atoms with Gasteiger partial charge in [-0.1, -0.05) is 12.1 Å². The van der Waals surface area contributed by atoms with E-state index in [1.54, 1.807) is 6.07 Å². The Kier molecular flexibility index (Phi) is 2.92. The number of aryl methyl sites for hydroxylation is 2. The molecule has 1 heterocycles. The average Bonchev–Trinajstić information content (AvgIpc) is 2.50. The van der Waals surface area contributed by atoms with Gasteiger partial charge in [-0.25, -0.2) is 9.37 Å². The van der Waals surface area contributed by atoms with Gasteiger partial charge in [-0.2, -0.15) is 0 Å². The maximum absolute atomic E-state index is 13.6. The summed E-state index contributed by atoms with van der Waals surface area (Å²) in [6.07, 6.45) is 0.562. The van der Waals surface area contributed by atoms with Crippen molar-refractivity contribution in [2.45, 2.75) is 20.3 Å². The minimum absolute atomic E-state index is 0.161. The van der Waals surface area contributed by atoms with E-state index in [4.69, 9.17) is 5.73 Å². The molecule has 2 rings (SSSR count). The predicted octanol–water partition coefficient (Wildman–Crippen LogP) is 3.07. The van der Waals surface area contributed by atoms with Gasteiger partial charge in [0.25, 0.3) is 0 Å². The molecule has 0 aliphatic heterocycles. The first-order chi connectivity index (χ1) is 7.56. The highest BCUT2D eigenvalue weighted by atomic mass is 32.1. The van der Waals surface area contributed by atoms with Gasteiger partial charge >= 0.3 is 0 Å². The predicted molar refractivity (Wildman–Crippen MR) is 65.2 cm³/mol. The van der Waals surface area contributed by atoms with Crippen LogP contribution >= 0.6 is 11.3 Å². The van der Waals surface area contributed by atoms with Gasteiger partial charge in [0.15, 0.2) is 5.13 Å². The van der Waals surface area contributed by atoms with Crippen molar-refractivity contribution in [3.63, 3.8) is 0 Å². The number of thiazole rings is 1. The van der Waals surface area contributed by atoms with Crippen LogP contribution < -0.4 is 5.73 Å². The van der Waals surface area contributed by atoms with Gasteiger partial charge in [0.05, 0.1) is 5.69 Å². The Bertz CT molecular complexity index is 520. The van der Waals surface area contributed by atoms with E-state index in [9.17, 15) is 4.39 Å². The Morgan fingerprint density at radius 3 is 2.69 bits per heavy atom. The second-order valence-corrected chi connectivity index (χ2v) is 4.95. The molecule has 0 aliphatic rings. The molecular weight excluding hydrogens is 223 g/mol. The highest BCUT2D eigenvalue weighted by Crippen LogP contribution is 2.24. The quantitative estimate of drug-likeness (QED) is 0.870. The maximum Gasteiger partial charge on any atom is 0.180 e. The molecule has 0 aliphatic carbocycles. The molecule has 2 aromatic rings. The number of nitrogen functional groups attached to an aromatic ring is 1. The number of nitrogens with two attached hydrogens (primary N) is 1. The SMILES string of the molecule is Cc1ccc(Cc2sc(N)nc2C)c(F)c1. The Morgan fingerprint density at radius 1 is 1.38 bits per heavy atom. The third-order valence-electron chi connectivity index (χ3n) is 2.47.